The Labute approximate surface area is 102 Å². The summed E-state index contributed by atoms with van der Waals surface area (Å²) in [5, 5.41) is 8.63. The van der Waals surface area contributed by atoms with Crippen LogP contribution < -0.4 is 4.74 Å². The van der Waals surface area contributed by atoms with Crippen molar-refractivity contribution in [2.75, 3.05) is 33.5 Å². The predicted octanol–water partition coefficient (Wildman–Crippen LogP) is 1.99. The minimum absolute atomic E-state index is 0.610. The average Bonchev–Trinajstić information content (AvgIpc) is 2.38. The number of hydrogen-bond acceptors (Lipinski definition) is 4. The molecule has 4 nitrogen and oxygen atoms in total. The molecule has 0 aliphatic rings. The molecule has 17 heavy (non-hydrogen) atoms. The molecule has 0 bridgehead atoms. The van der Waals surface area contributed by atoms with Gasteiger partial charge in [0.25, 0.3) is 0 Å². The summed E-state index contributed by atoms with van der Waals surface area (Å²) in [6, 6.07) is 9.14. The molecule has 0 heterocycles. The van der Waals surface area contributed by atoms with Gasteiger partial charge in [-0.05, 0) is 24.3 Å². The maximum Gasteiger partial charge on any atom is 0.119 e. The van der Waals surface area contributed by atoms with E-state index in [2.05, 4.69) is 6.07 Å². The van der Waals surface area contributed by atoms with Crippen LogP contribution in [0.2, 0.25) is 0 Å². The number of rotatable bonds is 8. The van der Waals surface area contributed by atoms with Gasteiger partial charge < -0.3 is 14.2 Å². The van der Waals surface area contributed by atoms with Crippen molar-refractivity contribution in [3.05, 3.63) is 29.8 Å². The van der Waals surface area contributed by atoms with E-state index in [4.69, 9.17) is 19.5 Å². The van der Waals surface area contributed by atoms with Crippen LogP contribution in [0.15, 0.2) is 24.3 Å². The van der Waals surface area contributed by atoms with Crippen molar-refractivity contribution in [2.24, 2.45) is 0 Å². The molecule has 0 saturated carbocycles. The van der Waals surface area contributed by atoms with Crippen molar-refractivity contribution in [2.45, 2.75) is 6.42 Å². The summed E-state index contributed by atoms with van der Waals surface area (Å²) in [5.74, 6) is 0.779. The second-order valence-electron chi connectivity index (χ2n) is 3.44. The second kappa shape index (κ2) is 8.57. The Bertz CT molecular complexity index is 343. The van der Waals surface area contributed by atoms with Crippen molar-refractivity contribution < 1.29 is 14.2 Å². The Kier molecular flexibility index (Phi) is 6.80. The fourth-order valence-electron chi connectivity index (χ4n) is 1.22. The van der Waals surface area contributed by atoms with Gasteiger partial charge >= 0.3 is 0 Å². The molecule has 0 unspecified atom stereocenters. The van der Waals surface area contributed by atoms with Crippen LogP contribution in [0.3, 0.4) is 0 Å². The molecule has 4 heteroatoms. The van der Waals surface area contributed by atoms with E-state index in [9.17, 15) is 0 Å². The van der Waals surface area contributed by atoms with Crippen molar-refractivity contribution in [3.63, 3.8) is 0 Å². The highest BCUT2D eigenvalue weighted by Gasteiger charge is 1.95. The lowest BCUT2D eigenvalue weighted by molar-refractivity contribution is 0.0644. The SMILES string of the molecule is COCCOCCCOc1ccc(C#N)cc1. The Morgan fingerprint density at radius 2 is 1.82 bits per heavy atom. The van der Waals surface area contributed by atoms with Crippen LogP contribution in [-0.2, 0) is 9.47 Å². The lowest BCUT2D eigenvalue weighted by Crippen LogP contribution is -2.06. The predicted molar refractivity (Wildman–Crippen MR) is 64.0 cm³/mol. The van der Waals surface area contributed by atoms with Crippen LogP contribution in [0.1, 0.15) is 12.0 Å². The fourth-order valence-corrected chi connectivity index (χ4v) is 1.22. The maximum atomic E-state index is 8.63. The lowest BCUT2D eigenvalue weighted by atomic mass is 10.2. The van der Waals surface area contributed by atoms with Crippen molar-refractivity contribution in [1.29, 1.82) is 5.26 Å². The standard InChI is InChI=1S/C13H17NO3/c1-15-9-10-16-7-2-8-17-13-5-3-12(11-14)4-6-13/h3-6H,2,7-10H2,1H3. The molecule has 0 aliphatic heterocycles. The molecule has 1 aromatic rings. The van der Waals surface area contributed by atoms with Gasteiger partial charge in [0.05, 0.1) is 31.5 Å². The summed E-state index contributed by atoms with van der Waals surface area (Å²) in [6.07, 6.45) is 0.837. The van der Waals surface area contributed by atoms with E-state index in [1.54, 1.807) is 31.4 Å². The maximum absolute atomic E-state index is 8.63. The minimum atomic E-state index is 0.610. The van der Waals surface area contributed by atoms with Gasteiger partial charge in [0, 0.05) is 20.1 Å². The van der Waals surface area contributed by atoms with Gasteiger partial charge in [-0.2, -0.15) is 5.26 Å². The van der Waals surface area contributed by atoms with E-state index < -0.39 is 0 Å². The van der Waals surface area contributed by atoms with Gasteiger partial charge in [0.2, 0.25) is 0 Å². The van der Waals surface area contributed by atoms with Crippen molar-refractivity contribution in [1.82, 2.24) is 0 Å². The van der Waals surface area contributed by atoms with Gasteiger partial charge in [0.1, 0.15) is 5.75 Å². The number of nitriles is 1. The summed E-state index contributed by atoms with van der Waals surface area (Å²) in [7, 11) is 1.65. The number of ether oxygens (including phenoxy) is 3. The van der Waals surface area contributed by atoms with Crippen LogP contribution in [0.4, 0.5) is 0 Å². The molecular formula is C13H17NO3. The summed E-state index contributed by atoms with van der Waals surface area (Å²) in [4.78, 5) is 0. The molecule has 0 amide bonds. The average molecular weight is 235 g/mol. The third kappa shape index (κ3) is 5.91. The zero-order valence-electron chi connectivity index (χ0n) is 10.0. The summed E-state index contributed by atoms with van der Waals surface area (Å²) < 4.78 is 15.6. The van der Waals surface area contributed by atoms with E-state index in [-0.39, 0.29) is 0 Å². The first kappa shape index (κ1) is 13.5. The first-order chi connectivity index (χ1) is 8.36. The Hall–Kier alpha value is -1.57. The minimum Gasteiger partial charge on any atom is -0.494 e. The summed E-state index contributed by atoms with van der Waals surface area (Å²) >= 11 is 0. The van der Waals surface area contributed by atoms with E-state index in [0.29, 0.717) is 32.0 Å². The molecule has 92 valence electrons. The Morgan fingerprint density at radius 3 is 2.47 bits per heavy atom. The van der Waals surface area contributed by atoms with Crippen LogP contribution in [0.25, 0.3) is 0 Å². The highest BCUT2D eigenvalue weighted by Crippen LogP contribution is 2.11. The fraction of sp³-hybridized carbons (Fsp3) is 0.462. The van der Waals surface area contributed by atoms with Crippen molar-refractivity contribution in [3.8, 4) is 11.8 Å². The molecule has 0 radical (unpaired) electrons. The topological polar surface area (TPSA) is 51.5 Å². The van der Waals surface area contributed by atoms with E-state index in [1.165, 1.54) is 0 Å². The third-order valence-electron chi connectivity index (χ3n) is 2.12. The van der Waals surface area contributed by atoms with E-state index in [1.807, 2.05) is 0 Å². The normalized spacial score (nSPS) is 9.88. The van der Waals surface area contributed by atoms with E-state index in [0.717, 1.165) is 12.2 Å². The Balaban J connectivity index is 2.08. The molecule has 0 N–H and O–H groups in total. The molecule has 0 atom stereocenters. The van der Waals surface area contributed by atoms with Crippen LogP contribution in [0, 0.1) is 11.3 Å². The molecule has 1 rings (SSSR count). The molecule has 1 aromatic carbocycles. The summed E-state index contributed by atoms with van der Waals surface area (Å²) in [5.41, 5.74) is 0.639. The first-order valence-corrected chi connectivity index (χ1v) is 5.56. The zero-order valence-corrected chi connectivity index (χ0v) is 10.0. The number of hydrogen-bond donors (Lipinski definition) is 0. The van der Waals surface area contributed by atoms with Gasteiger partial charge in [-0.15, -0.1) is 0 Å². The lowest BCUT2D eigenvalue weighted by Gasteiger charge is -2.06. The highest BCUT2D eigenvalue weighted by molar-refractivity contribution is 5.34. The molecule has 0 fully saturated rings. The molecule has 0 spiro atoms. The van der Waals surface area contributed by atoms with Gasteiger partial charge in [-0.3, -0.25) is 0 Å². The van der Waals surface area contributed by atoms with Crippen LogP contribution in [-0.4, -0.2) is 33.5 Å². The van der Waals surface area contributed by atoms with Crippen LogP contribution >= 0.6 is 0 Å². The summed E-state index contributed by atoms with van der Waals surface area (Å²) in [6.45, 7) is 2.52. The van der Waals surface area contributed by atoms with Crippen molar-refractivity contribution >= 4 is 0 Å². The number of benzene rings is 1. The Morgan fingerprint density at radius 1 is 1.06 bits per heavy atom. The third-order valence-corrected chi connectivity index (χ3v) is 2.12. The van der Waals surface area contributed by atoms with Crippen LogP contribution in [0.5, 0.6) is 5.75 Å². The molecule has 0 saturated heterocycles. The monoisotopic (exact) mass is 235 g/mol. The smallest absolute Gasteiger partial charge is 0.119 e. The van der Waals surface area contributed by atoms with Gasteiger partial charge in [-0.1, -0.05) is 0 Å². The van der Waals surface area contributed by atoms with Gasteiger partial charge in [0.15, 0.2) is 0 Å². The van der Waals surface area contributed by atoms with E-state index >= 15 is 0 Å². The quantitative estimate of drug-likeness (QED) is 0.646. The van der Waals surface area contributed by atoms with Gasteiger partial charge in [-0.25, -0.2) is 0 Å². The second-order valence-corrected chi connectivity index (χ2v) is 3.44. The first-order valence-electron chi connectivity index (χ1n) is 5.56. The largest absolute Gasteiger partial charge is 0.494 e. The zero-order chi connectivity index (χ0) is 12.3. The number of nitrogens with zero attached hydrogens (tertiary/aromatic N) is 1. The molecular weight excluding hydrogens is 218 g/mol. The molecule has 0 aliphatic carbocycles. The highest BCUT2D eigenvalue weighted by atomic mass is 16.5. The number of methoxy groups -OCH3 is 1. The molecule has 0 aromatic heterocycles.